The van der Waals surface area contributed by atoms with Gasteiger partial charge in [-0.1, -0.05) is 6.92 Å². The van der Waals surface area contributed by atoms with E-state index < -0.39 is 9.84 Å². The van der Waals surface area contributed by atoms with Crippen LogP contribution in [-0.4, -0.2) is 54.9 Å². The molecular weight excluding hydrogens is 410 g/mol. The van der Waals surface area contributed by atoms with Gasteiger partial charge in [0, 0.05) is 31.9 Å². The van der Waals surface area contributed by atoms with Gasteiger partial charge in [-0.2, -0.15) is 0 Å². The summed E-state index contributed by atoms with van der Waals surface area (Å²) in [5.74, 6) is 0.314. The molecule has 4 rings (SSSR count). The Bertz CT molecular complexity index is 1170. The number of fused-ring (bicyclic) bond motifs is 1. The van der Waals surface area contributed by atoms with Crippen molar-refractivity contribution in [1.82, 2.24) is 9.47 Å². The molecule has 9 heteroatoms. The van der Waals surface area contributed by atoms with Crippen molar-refractivity contribution in [2.45, 2.75) is 18.5 Å². The molecule has 1 fully saturated rings. The first-order chi connectivity index (χ1) is 13.9. The largest absolute Gasteiger partial charge is 0.508 e. The van der Waals surface area contributed by atoms with Crippen LogP contribution in [0.1, 0.15) is 6.92 Å². The van der Waals surface area contributed by atoms with Gasteiger partial charge >= 0.3 is 0 Å². The van der Waals surface area contributed by atoms with Crippen LogP contribution in [0.3, 0.4) is 0 Å². The number of rotatable bonds is 5. The topological polar surface area (TPSA) is 78.9 Å². The number of aromatic hydroxyl groups is 1. The molecule has 0 spiro atoms. The van der Waals surface area contributed by atoms with Crippen molar-refractivity contribution < 1.29 is 17.9 Å². The minimum absolute atomic E-state index is 0.0519. The van der Waals surface area contributed by atoms with Gasteiger partial charge in [-0.05, 0) is 54.7 Å². The summed E-state index contributed by atoms with van der Waals surface area (Å²) in [6, 6.07) is 12.1. The molecule has 0 bridgehead atoms. The third kappa shape index (κ3) is 4.03. The normalized spacial score (nSPS) is 15.8. The van der Waals surface area contributed by atoms with E-state index in [9.17, 15) is 13.5 Å². The minimum atomic E-state index is -3.30. The fraction of sp³-hybridized carbons (Fsp3) is 0.350. The van der Waals surface area contributed by atoms with Crippen LogP contribution in [-0.2, 0) is 16.5 Å². The number of nitrogens with zero attached hydrogens (tertiary/aromatic N) is 3. The number of oxazole rings is 1. The van der Waals surface area contributed by atoms with E-state index in [2.05, 4.69) is 9.80 Å². The SMILES string of the molecule is CCS(=O)(=O)c1ccc2oc(=S)n(CN3CCN(c4ccc(O)cc4)CC3)c2c1. The van der Waals surface area contributed by atoms with Crippen LogP contribution in [0.25, 0.3) is 11.1 Å². The molecule has 154 valence electrons. The van der Waals surface area contributed by atoms with E-state index in [-0.39, 0.29) is 16.4 Å². The molecule has 0 radical (unpaired) electrons. The standard InChI is InChI=1S/C20H23N3O4S2/c1-2-29(25,26)17-7-8-19-18(13-17)23(20(28)27-19)14-21-9-11-22(12-10-21)15-3-5-16(24)6-4-15/h3-8,13,24H,2,9-12,14H2,1H3. The smallest absolute Gasteiger partial charge is 0.270 e. The third-order valence-electron chi connectivity index (χ3n) is 5.31. The van der Waals surface area contributed by atoms with Gasteiger partial charge < -0.3 is 14.4 Å². The van der Waals surface area contributed by atoms with Crippen LogP contribution in [0, 0.1) is 4.84 Å². The van der Waals surface area contributed by atoms with E-state index in [1.54, 1.807) is 37.3 Å². The fourth-order valence-corrected chi connectivity index (χ4v) is 4.69. The maximum Gasteiger partial charge on any atom is 0.270 e. The lowest BCUT2D eigenvalue weighted by Gasteiger charge is -2.36. The summed E-state index contributed by atoms with van der Waals surface area (Å²) in [7, 11) is -3.30. The van der Waals surface area contributed by atoms with Gasteiger partial charge in [-0.25, -0.2) is 8.42 Å². The molecule has 3 aromatic rings. The van der Waals surface area contributed by atoms with Crippen LogP contribution in [0.15, 0.2) is 51.8 Å². The Kier molecular flexibility index (Phi) is 5.37. The second kappa shape index (κ2) is 7.81. The van der Waals surface area contributed by atoms with Crippen molar-refractivity contribution in [2.75, 3.05) is 36.8 Å². The lowest BCUT2D eigenvalue weighted by Crippen LogP contribution is -2.46. The van der Waals surface area contributed by atoms with Crippen molar-refractivity contribution in [2.24, 2.45) is 0 Å². The summed E-state index contributed by atoms with van der Waals surface area (Å²) >= 11 is 5.38. The number of hydrogen-bond acceptors (Lipinski definition) is 7. The predicted molar refractivity (Wildman–Crippen MR) is 115 cm³/mol. The molecule has 2 heterocycles. The second-order valence-electron chi connectivity index (χ2n) is 7.09. The van der Waals surface area contributed by atoms with Crippen LogP contribution >= 0.6 is 12.2 Å². The summed E-state index contributed by atoms with van der Waals surface area (Å²) in [6.07, 6.45) is 0. The predicted octanol–water partition coefficient (Wildman–Crippen LogP) is 3.24. The Morgan fingerprint density at radius 3 is 2.41 bits per heavy atom. The highest BCUT2D eigenvalue weighted by Crippen LogP contribution is 2.24. The van der Waals surface area contributed by atoms with Crippen LogP contribution in [0.2, 0.25) is 0 Å². The molecule has 1 saturated heterocycles. The first-order valence-corrected chi connectivity index (χ1v) is 11.6. The molecule has 0 aliphatic carbocycles. The van der Waals surface area contributed by atoms with Gasteiger partial charge in [-0.3, -0.25) is 9.47 Å². The van der Waals surface area contributed by atoms with Crippen molar-refractivity contribution >= 4 is 38.8 Å². The Morgan fingerprint density at radius 2 is 1.76 bits per heavy atom. The highest BCUT2D eigenvalue weighted by molar-refractivity contribution is 7.91. The van der Waals surface area contributed by atoms with Gasteiger partial charge in [-0.15, -0.1) is 0 Å². The molecular formula is C20H23N3O4S2. The Labute approximate surface area is 174 Å². The molecule has 2 aromatic carbocycles. The maximum absolute atomic E-state index is 12.2. The minimum Gasteiger partial charge on any atom is -0.508 e. The van der Waals surface area contributed by atoms with Gasteiger partial charge in [0.1, 0.15) is 5.75 Å². The van der Waals surface area contributed by atoms with Crippen molar-refractivity contribution in [3.63, 3.8) is 0 Å². The van der Waals surface area contributed by atoms with E-state index in [1.165, 1.54) is 0 Å². The number of phenols is 1. The average Bonchev–Trinajstić information content (AvgIpc) is 3.04. The zero-order chi connectivity index (χ0) is 20.6. The zero-order valence-corrected chi connectivity index (χ0v) is 17.7. The summed E-state index contributed by atoms with van der Waals surface area (Å²) in [5.41, 5.74) is 2.38. The fourth-order valence-electron chi connectivity index (χ4n) is 3.55. The van der Waals surface area contributed by atoms with E-state index in [4.69, 9.17) is 16.6 Å². The molecule has 0 saturated carbocycles. The number of anilines is 1. The van der Waals surface area contributed by atoms with Crippen molar-refractivity contribution in [1.29, 1.82) is 0 Å². The summed E-state index contributed by atoms with van der Waals surface area (Å²) < 4.78 is 32.0. The van der Waals surface area contributed by atoms with E-state index in [1.807, 2.05) is 16.7 Å². The molecule has 0 unspecified atom stereocenters. The van der Waals surface area contributed by atoms with Gasteiger partial charge in [0.15, 0.2) is 15.4 Å². The molecule has 1 aliphatic rings. The quantitative estimate of drug-likeness (QED) is 0.619. The molecule has 29 heavy (non-hydrogen) atoms. The molecule has 1 N–H and O–H groups in total. The lowest BCUT2D eigenvalue weighted by molar-refractivity contribution is 0.204. The second-order valence-corrected chi connectivity index (χ2v) is 9.72. The van der Waals surface area contributed by atoms with Crippen LogP contribution in [0.5, 0.6) is 5.75 Å². The molecule has 0 amide bonds. The summed E-state index contributed by atoms with van der Waals surface area (Å²) in [6.45, 7) is 5.55. The maximum atomic E-state index is 12.2. The number of phenolic OH excluding ortho intramolecular Hbond substituents is 1. The first-order valence-electron chi connectivity index (χ1n) is 9.50. The van der Waals surface area contributed by atoms with E-state index in [0.29, 0.717) is 22.6 Å². The third-order valence-corrected chi connectivity index (χ3v) is 7.34. The Hall–Kier alpha value is -2.36. The van der Waals surface area contributed by atoms with Crippen LogP contribution in [0.4, 0.5) is 5.69 Å². The van der Waals surface area contributed by atoms with Crippen molar-refractivity contribution in [3.05, 3.63) is 47.3 Å². The lowest BCUT2D eigenvalue weighted by atomic mass is 10.2. The number of hydrogen-bond donors (Lipinski definition) is 1. The van der Waals surface area contributed by atoms with E-state index in [0.717, 1.165) is 31.9 Å². The number of piperazine rings is 1. The first kappa shape index (κ1) is 19.9. The summed E-state index contributed by atoms with van der Waals surface area (Å²) in [5, 5.41) is 9.45. The number of sulfone groups is 1. The van der Waals surface area contributed by atoms with Crippen LogP contribution < -0.4 is 4.90 Å². The molecule has 7 nitrogen and oxygen atoms in total. The monoisotopic (exact) mass is 433 g/mol. The van der Waals surface area contributed by atoms with Gasteiger partial charge in [0.2, 0.25) is 0 Å². The molecule has 0 atom stereocenters. The summed E-state index contributed by atoms with van der Waals surface area (Å²) in [4.78, 5) is 5.17. The number of aromatic nitrogens is 1. The molecule has 1 aromatic heterocycles. The Balaban J connectivity index is 1.52. The zero-order valence-electron chi connectivity index (χ0n) is 16.1. The average molecular weight is 434 g/mol. The van der Waals surface area contributed by atoms with E-state index >= 15 is 0 Å². The highest BCUT2D eigenvalue weighted by atomic mass is 32.2. The molecule has 1 aliphatic heterocycles. The number of benzene rings is 2. The van der Waals surface area contributed by atoms with Gasteiger partial charge in [0.05, 0.1) is 22.8 Å². The van der Waals surface area contributed by atoms with Gasteiger partial charge in [0.25, 0.3) is 4.84 Å². The highest BCUT2D eigenvalue weighted by Gasteiger charge is 2.20. The Morgan fingerprint density at radius 1 is 1.07 bits per heavy atom. The van der Waals surface area contributed by atoms with Crippen molar-refractivity contribution in [3.8, 4) is 5.75 Å².